The van der Waals surface area contributed by atoms with E-state index in [9.17, 15) is 13.2 Å². The number of carbonyl (C=O) groups excluding carboxylic acids is 1. The molecule has 0 spiro atoms. The van der Waals surface area contributed by atoms with Gasteiger partial charge in [-0.2, -0.15) is 0 Å². The molecule has 0 aliphatic rings. The second-order valence-electron chi connectivity index (χ2n) is 5.43. The Balaban J connectivity index is 2.89. The van der Waals surface area contributed by atoms with Crippen LogP contribution in [0, 0.1) is 5.92 Å². The zero-order valence-electron chi connectivity index (χ0n) is 12.8. The lowest BCUT2D eigenvalue weighted by Gasteiger charge is -2.22. The number of benzene rings is 1. The SMILES string of the molecule is CC(C)CCNC(=O)CN(c1cc(Cl)cc(Cl)c1)S(C)(=O)=O. The predicted octanol–water partition coefficient (Wildman–Crippen LogP) is 2.92. The number of hydrogen-bond donors (Lipinski definition) is 1. The van der Waals surface area contributed by atoms with E-state index in [-0.39, 0.29) is 18.1 Å². The molecule has 0 aromatic heterocycles. The highest BCUT2D eigenvalue weighted by Gasteiger charge is 2.21. The van der Waals surface area contributed by atoms with Crippen LogP contribution in [0.2, 0.25) is 10.0 Å². The van der Waals surface area contributed by atoms with Gasteiger partial charge in [-0.05, 0) is 30.5 Å². The molecule has 0 unspecified atom stereocenters. The second kappa shape index (κ2) is 8.04. The molecule has 0 fully saturated rings. The quantitative estimate of drug-likeness (QED) is 0.806. The van der Waals surface area contributed by atoms with E-state index in [1.54, 1.807) is 0 Å². The van der Waals surface area contributed by atoms with Crippen molar-refractivity contribution in [2.45, 2.75) is 20.3 Å². The molecule has 1 rings (SSSR count). The number of nitrogens with zero attached hydrogens (tertiary/aromatic N) is 1. The first-order valence-corrected chi connectivity index (χ1v) is 9.40. The summed E-state index contributed by atoms with van der Waals surface area (Å²) in [6.45, 7) is 4.28. The van der Waals surface area contributed by atoms with Crippen LogP contribution in [0.5, 0.6) is 0 Å². The van der Waals surface area contributed by atoms with Gasteiger partial charge in [0, 0.05) is 16.6 Å². The van der Waals surface area contributed by atoms with Crippen LogP contribution in [0.3, 0.4) is 0 Å². The maximum Gasteiger partial charge on any atom is 0.240 e. The topological polar surface area (TPSA) is 66.5 Å². The van der Waals surface area contributed by atoms with Crippen LogP contribution < -0.4 is 9.62 Å². The molecule has 1 aromatic carbocycles. The molecule has 0 atom stereocenters. The van der Waals surface area contributed by atoms with Crippen molar-refractivity contribution in [3.63, 3.8) is 0 Å². The fraction of sp³-hybridized carbons (Fsp3) is 0.500. The monoisotopic (exact) mass is 366 g/mol. The summed E-state index contributed by atoms with van der Waals surface area (Å²) >= 11 is 11.8. The lowest BCUT2D eigenvalue weighted by Crippen LogP contribution is -2.40. The molecule has 1 amide bonds. The number of amides is 1. The van der Waals surface area contributed by atoms with E-state index in [4.69, 9.17) is 23.2 Å². The van der Waals surface area contributed by atoms with Crippen molar-refractivity contribution in [1.29, 1.82) is 0 Å². The fourth-order valence-corrected chi connectivity index (χ4v) is 3.12. The summed E-state index contributed by atoms with van der Waals surface area (Å²) in [6.07, 6.45) is 1.86. The van der Waals surface area contributed by atoms with Gasteiger partial charge in [0.05, 0.1) is 11.9 Å². The second-order valence-corrected chi connectivity index (χ2v) is 8.21. The van der Waals surface area contributed by atoms with Crippen LogP contribution in [-0.4, -0.2) is 33.7 Å². The average molecular weight is 367 g/mol. The third kappa shape index (κ3) is 6.42. The van der Waals surface area contributed by atoms with Gasteiger partial charge in [0.2, 0.25) is 15.9 Å². The van der Waals surface area contributed by atoms with E-state index in [2.05, 4.69) is 5.32 Å². The van der Waals surface area contributed by atoms with Gasteiger partial charge in [-0.15, -0.1) is 0 Å². The number of nitrogens with one attached hydrogen (secondary N) is 1. The Labute approximate surface area is 141 Å². The van der Waals surface area contributed by atoms with Gasteiger partial charge in [0.15, 0.2) is 0 Å². The third-order valence-corrected chi connectivity index (χ3v) is 4.44. The Morgan fingerprint density at radius 1 is 1.23 bits per heavy atom. The van der Waals surface area contributed by atoms with Gasteiger partial charge >= 0.3 is 0 Å². The van der Waals surface area contributed by atoms with Gasteiger partial charge < -0.3 is 5.32 Å². The van der Waals surface area contributed by atoms with Crippen LogP contribution in [0.4, 0.5) is 5.69 Å². The van der Waals surface area contributed by atoms with Gasteiger partial charge in [0.25, 0.3) is 0 Å². The third-order valence-electron chi connectivity index (χ3n) is 2.87. The van der Waals surface area contributed by atoms with Crippen LogP contribution in [0.15, 0.2) is 18.2 Å². The van der Waals surface area contributed by atoms with Crippen LogP contribution in [0.25, 0.3) is 0 Å². The highest BCUT2D eigenvalue weighted by Crippen LogP contribution is 2.26. The molecular formula is C14H20Cl2N2O3S. The van der Waals surface area contributed by atoms with Crippen molar-refractivity contribution in [3.05, 3.63) is 28.2 Å². The number of anilines is 1. The van der Waals surface area contributed by atoms with Crippen molar-refractivity contribution in [2.75, 3.05) is 23.7 Å². The molecule has 0 saturated carbocycles. The normalized spacial score (nSPS) is 11.5. The van der Waals surface area contributed by atoms with Gasteiger partial charge in [-0.1, -0.05) is 37.0 Å². The first-order valence-electron chi connectivity index (χ1n) is 6.80. The molecule has 1 aromatic rings. The molecule has 8 heteroatoms. The predicted molar refractivity (Wildman–Crippen MR) is 91.1 cm³/mol. The molecule has 1 N–H and O–H groups in total. The van der Waals surface area contributed by atoms with Gasteiger partial charge in [-0.25, -0.2) is 8.42 Å². The van der Waals surface area contributed by atoms with Crippen LogP contribution in [-0.2, 0) is 14.8 Å². The maximum absolute atomic E-state index is 11.9. The number of hydrogen-bond acceptors (Lipinski definition) is 3. The molecule has 0 heterocycles. The van der Waals surface area contributed by atoms with E-state index in [1.165, 1.54) is 18.2 Å². The van der Waals surface area contributed by atoms with Crippen molar-refractivity contribution in [2.24, 2.45) is 5.92 Å². The first-order chi connectivity index (χ1) is 10.1. The van der Waals surface area contributed by atoms with E-state index >= 15 is 0 Å². The van der Waals surface area contributed by atoms with Crippen molar-refractivity contribution in [3.8, 4) is 0 Å². The highest BCUT2D eigenvalue weighted by molar-refractivity contribution is 7.92. The number of sulfonamides is 1. The fourth-order valence-electron chi connectivity index (χ4n) is 1.77. The van der Waals surface area contributed by atoms with Gasteiger partial charge in [-0.3, -0.25) is 9.10 Å². The van der Waals surface area contributed by atoms with E-state index in [1.807, 2.05) is 13.8 Å². The smallest absolute Gasteiger partial charge is 0.240 e. The molecule has 22 heavy (non-hydrogen) atoms. The Morgan fingerprint density at radius 2 is 1.77 bits per heavy atom. The van der Waals surface area contributed by atoms with Crippen LogP contribution >= 0.6 is 23.2 Å². The van der Waals surface area contributed by atoms with Crippen molar-refractivity contribution in [1.82, 2.24) is 5.32 Å². The summed E-state index contributed by atoms with van der Waals surface area (Å²) in [5.74, 6) is 0.0835. The highest BCUT2D eigenvalue weighted by atomic mass is 35.5. The molecule has 0 radical (unpaired) electrons. The van der Waals surface area contributed by atoms with E-state index < -0.39 is 10.0 Å². The zero-order chi connectivity index (χ0) is 16.9. The minimum Gasteiger partial charge on any atom is -0.355 e. The van der Waals surface area contributed by atoms with E-state index in [0.717, 1.165) is 17.0 Å². The molecule has 0 bridgehead atoms. The Morgan fingerprint density at radius 3 is 2.23 bits per heavy atom. The molecule has 0 aliphatic carbocycles. The van der Waals surface area contributed by atoms with E-state index in [0.29, 0.717) is 22.5 Å². The summed E-state index contributed by atoms with van der Waals surface area (Å²) in [6, 6.07) is 4.40. The lowest BCUT2D eigenvalue weighted by molar-refractivity contribution is -0.119. The standard InChI is InChI=1S/C14H20Cl2N2O3S/c1-10(2)4-5-17-14(19)9-18(22(3,20)21)13-7-11(15)6-12(16)8-13/h6-8,10H,4-5,9H2,1-3H3,(H,17,19). The summed E-state index contributed by atoms with van der Waals surface area (Å²) in [4.78, 5) is 11.9. The summed E-state index contributed by atoms with van der Waals surface area (Å²) in [7, 11) is -3.63. The summed E-state index contributed by atoms with van der Waals surface area (Å²) in [5, 5.41) is 3.31. The zero-order valence-corrected chi connectivity index (χ0v) is 15.1. The Bertz CT molecular complexity index is 613. The minimum absolute atomic E-state index is 0.263. The van der Waals surface area contributed by atoms with Crippen LogP contribution in [0.1, 0.15) is 20.3 Å². The van der Waals surface area contributed by atoms with Gasteiger partial charge in [0.1, 0.15) is 6.54 Å². The number of rotatable bonds is 7. The Hall–Kier alpha value is -0.980. The maximum atomic E-state index is 11.9. The molecule has 0 saturated heterocycles. The molecule has 0 aliphatic heterocycles. The average Bonchev–Trinajstić information content (AvgIpc) is 2.32. The lowest BCUT2D eigenvalue weighted by atomic mass is 10.1. The Kier molecular flexibility index (Phi) is 6.97. The first kappa shape index (κ1) is 19.1. The summed E-state index contributed by atoms with van der Waals surface area (Å²) in [5.41, 5.74) is 0.263. The number of halogens is 2. The minimum atomic E-state index is -3.63. The van der Waals surface area contributed by atoms with Crippen molar-refractivity contribution < 1.29 is 13.2 Å². The molecular weight excluding hydrogens is 347 g/mol. The van der Waals surface area contributed by atoms with Crippen molar-refractivity contribution >= 4 is 44.8 Å². The summed E-state index contributed by atoms with van der Waals surface area (Å²) < 4.78 is 24.8. The molecule has 5 nitrogen and oxygen atoms in total. The number of carbonyl (C=O) groups is 1. The molecule has 124 valence electrons. The largest absolute Gasteiger partial charge is 0.355 e.